The molecular weight excluding hydrogens is 311 g/mol. The molecule has 1 rings (SSSR count). The summed E-state index contributed by atoms with van der Waals surface area (Å²) in [4.78, 5) is 11.0. The first-order valence-corrected chi connectivity index (χ1v) is 8.08. The summed E-state index contributed by atoms with van der Waals surface area (Å²) in [5, 5.41) is 0. The van der Waals surface area contributed by atoms with Crippen LogP contribution in [0.4, 0.5) is 4.39 Å². The normalized spacial score (nSPS) is 11.4. The lowest BCUT2D eigenvalue weighted by atomic mass is 10.1. The van der Waals surface area contributed by atoms with E-state index in [2.05, 4.69) is 0 Å². The molecule has 0 fully saturated rings. The van der Waals surface area contributed by atoms with Crippen molar-refractivity contribution in [1.82, 2.24) is 0 Å². The van der Waals surface area contributed by atoms with Crippen LogP contribution in [-0.2, 0) is 18.5 Å². The molecule has 0 aliphatic carbocycles. The van der Waals surface area contributed by atoms with Crippen molar-refractivity contribution in [2.75, 3.05) is 19.8 Å². The maximum atomic E-state index is 13.7. The van der Waals surface area contributed by atoms with Crippen molar-refractivity contribution in [3.8, 4) is 0 Å². The molecule has 0 radical (unpaired) electrons. The highest BCUT2D eigenvalue weighted by Gasteiger charge is 2.21. The zero-order valence-electron chi connectivity index (χ0n) is 11.0. The molecule has 0 saturated carbocycles. The fourth-order valence-corrected chi connectivity index (χ4v) is 2.43. The Hall–Kier alpha value is -1.18. The third-order valence-electron chi connectivity index (χ3n) is 2.38. The van der Waals surface area contributed by atoms with Gasteiger partial charge in [-0.2, -0.15) is 0 Å². The van der Waals surface area contributed by atoms with Crippen LogP contribution in [0.2, 0.25) is 0 Å². The number of aryl methyl sites for hydroxylation is 1. The van der Waals surface area contributed by atoms with Gasteiger partial charge in [0, 0.05) is 17.3 Å². The van der Waals surface area contributed by atoms with Crippen LogP contribution in [0.5, 0.6) is 0 Å². The van der Waals surface area contributed by atoms with Gasteiger partial charge in [-0.05, 0) is 31.5 Å². The summed E-state index contributed by atoms with van der Waals surface area (Å²) in [5.74, 6) is -1.75. The van der Waals surface area contributed by atoms with Gasteiger partial charge in [0.2, 0.25) is 0 Å². The lowest BCUT2D eigenvalue weighted by molar-refractivity contribution is 0.0335. The van der Waals surface area contributed by atoms with E-state index >= 15 is 0 Å². The molecule has 0 bridgehead atoms. The first-order valence-electron chi connectivity index (χ1n) is 5.77. The second kappa shape index (κ2) is 7.01. The van der Waals surface area contributed by atoms with Crippen molar-refractivity contribution in [3.63, 3.8) is 0 Å². The molecule has 0 saturated heterocycles. The first kappa shape index (κ1) is 16.9. The molecule has 0 heterocycles. The summed E-state index contributed by atoms with van der Waals surface area (Å²) in [6, 6.07) is 2.05. The Morgan fingerprint density at radius 2 is 2.00 bits per heavy atom. The molecule has 0 N–H and O–H groups in total. The molecule has 0 aromatic heterocycles. The summed E-state index contributed by atoms with van der Waals surface area (Å²) in [5.41, 5.74) is -0.0943. The highest BCUT2D eigenvalue weighted by atomic mass is 35.7. The van der Waals surface area contributed by atoms with Crippen molar-refractivity contribution < 1.29 is 27.1 Å². The monoisotopic (exact) mass is 324 g/mol. The Bertz CT molecular complexity index is 600. The van der Waals surface area contributed by atoms with Gasteiger partial charge < -0.3 is 9.47 Å². The van der Waals surface area contributed by atoms with Gasteiger partial charge in [-0.15, -0.1) is 0 Å². The fourth-order valence-electron chi connectivity index (χ4n) is 1.45. The van der Waals surface area contributed by atoms with Crippen LogP contribution in [-0.4, -0.2) is 34.2 Å². The second-order valence-corrected chi connectivity index (χ2v) is 6.41. The van der Waals surface area contributed by atoms with E-state index in [0.717, 1.165) is 6.07 Å². The Morgan fingerprint density at radius 3 is 2.55 bits per heavy atom. The van der Waals surface area contributed by atoms with E-state index in [1.165, 1.54) is 13.0 Å². The predicted molar refractivity (Wildman–Crippen MR) is 71.0 cm³/mol. The minimum atomic E-state index is -4.28. The average molecular weight is 325 g/mol. The molecule has 5 nitrogen and oxygen atoms in total. The molecule has 0 unspecified atom stereocenters. The zero-order chi connectivity index (χ0) is 15.3. The topological polar surface area (TPSA) is 69.7 Å². The SMILES string of the molecule is CCOCCOC(=O)c1cc(C)c(F)c(S(=O)(=O)Cl)c1. The second-order valence-electron chi connectivity index (χ2n) is 3.88. The van der Waals surface area contributed by atoms with Gasteiger partial charge in [0.25, 0.3) is 9.05 Å². The van der Waals surface area contributed by atoms with Crippen molar-refractivity contribution in [2.45, 2.75) is 18.7 Å². The number of carbonyl (C=O) groups excluding carboxylic acids is 1. The third kappa shape index (κ3) is 4.43. The van der Waals surface area contributed by atoms with Gasteiger partial charge in [0.15, 0.2) is 0 Å². The molecule has 0 aliphatic heterocycles. The van der Waals surface area contributed by atoms with Crippen LogP contribution < -0.4 is 0 Å². The Labute approximate surface area is 121 Å². The highest BCUT2D eigenvalue weighted by Crippen LogP contribution is 2.23. The highest BCUT2D eigenvalue weighted by molar-refractivity contribution is 8.13. The van der Waals surface area contributed by atoms with Gasteiger partial charge in [0.05, 0.1) is 12.2 Å². The molecule has 0 spiro atoms. The lowest BCUT2D eigenvalue weighted by Crippen LogP contribution is -2.12. The van der Waals surface area contributed by atoms with Gasteiger partial charge in [-0.25, -0.2) is 17.6 Å². The van der Waals surface area contributed by atoms with Crippen LogP contribution in [0.1, 0.15) is 22.8 Å². The van der Waals surface area contributed by atoms with Crippen LogP contribution in [0.3, 0.4) is 0 Å². The van der Waals surface area contributed by atoms with E-state index in [1.807, 2.05) is 0 Å². The summed E-state index contributed by atoms with van der Waals surface area (Å²) >= 11 is 0. The number of benzene rings is 1. The van der Waals surface area contributed by atoms with E-state index < -0.39 is 25.7 Å². The molecular formula is C12H14ClFO5S. The molecule has 0 amide bonds. The Morgan fingerprint density at radius 1 is 1.35 bits per heavy atom. The smallest absolute Gasteiger partial charge is 0.338 e. The predicted octanol–water partition coefficient (Wildman–Crippen LogP) is 2.25. The number of halogens is 2. The number of esters is 1. The quantitative estimate of drug-likeness (QED) is 0.456. The van der Waals surface area contributed by atoms with Crippen molar-refractivity contribution in [1.29, 1.82) is 0 Å². The molecule has 20 heavy (non-hydrogen) atoms. The van der Waals surface area contributed by atoms with Gasteiger partial charge in [-0.1, -0.05) is 0 Å². The van der Waals surface area contributed by atoms with E-state index in [-0.39, 0.29) is 24.3 Å². The average Bonchev–Trinajstić information content (AvgIpc) is 2.36. The molecule has 1 aromatic carbocycles. The zero-order valence-corrected chi connectivity index (χ0v) is 12.6. The van der Waals surface area contributed by atoms with Crippen LogP contribution >= 0.6 is 10.7 Å². The number of hydrogen-bond donors (Lipinski definition) is 0. The van der Waals surface area contributed by atoms with E-state index in [4.69, 9.17) is 20.2 Å². The molecule has 0 aliphatic rings. The maximum Gasteiger partial charge on any atom is 0.338 e. The van der Waals surface area contributed by atoms with Crippen molar-refractivity contribution in [2.24, 2.45) is 0 Å². The van der Waals surface area contributed by atoms with Crippen LogP contribution in [0.25, 0.3) is 0 Å². The van der Waals surface area contributed by atoms with Crippen LogP contribution in [0.15, 0.2) is 17.0 Å². The van der Waals surface area contributed by atoms with E-state index in [1.54, 1.807) is 6.92 Å². The molecule has 112 valence electrons. The number of carbonyl (C=O) groups is 1. The summed E-state index contributed by atoms with van der Waals surface area (Å²) in [7, 11) is 0.842. The van der Waals surface area contributed by atoms with E-state index in [0.29, 0.717) is 6.61 Å². The molecule has 0 atom stereocenters. The largest absolute Gasteiger partial charge is 0.460 e. The van der Waals surface area contributed by atoms with Crippen LogP contribution in [0, 0.1) is 12.7 Å². The number of rotatable bonds is 6. The Kier molecular flexibility index (Phi) is 5.91. The standard InChI is InChI=1S/C12H14ClFO5S/c1-3-18-4-5-19-12(15)9-6-8(2)11(14)10(7-9)20(13,16)17/h6-7H,3-5H2,1-2H3. The number of hydrogen-bond acceptors (Lipinski definition) is 5. The lowest BCUT2D eigenvalue weighted by Gasteiger charge is -2.08. The number of ether oxygens (including phenoxy) is 2. The minimum absolute atomic E-state index is 0.0107. The van der Waals surface area contributed by atoms with Crippen molar-refractivity contribution >= 4 is 25.7 Å². The van der Waals surface area contributed by atoms with E-state index in [9.17, 15) is 17.6 Å². The molecule has 8 heteroatoms. The third-order valence-corrected chi connectivity index (χ3v) is 3.71. The summed E-state index contributed by atoms with van der Waals surface area (Å²) < 4.78 is 46.0. The minimum Gasteiger partial charge on any atom is -0.460 e. The Balaban J connectivity index is 2.97. The molecule has 1 aromatic rings. The van der Waals surface area contributed by atoms with Gasteiger partial charge >= 0.3 is 5.97 Å². The summed E-state index contributed by atoms with van der Waals surface area (Å²) in [6.07, 6.45) is 0. The van der Waals surface area contributed by atoms with Gasteiger partial charge in [-0.3, -0.25) is 0 Å². The van der Waals surface area contributed by atoms with Gasteiger partial charge in [0.1, 0.15) is 17.3 Å². The summed E-state index contributed by atoms with van der Waals surface area (Å²) in [6.45, 7) is 3.86. The fraction of sp³-hybridized carbons (Fsp3) is 0.417. The first-order chi connectivity index (χ1) is 9.27. The van der Waals surface area contributed by atoms with Crippen molar-refractivity contribution in [3.05, 3.63) is 29.1 Å². The maximum absolute atomic E-state index is 13.7.